The largest absolute Gasteiger partial charge is 0.481 e. The highest BCUT2D eigenvalue weighted by Crippen LogP contribution is 2.30. The van der Waals surface area contributed by atoms with Crippen LogP contribution in [0.4, 0.5) is 0 Å². The van der Waals surface area contributed by atoms with Crippen LogP contribution >= 0.6 is 0 Å². The van der Waals surface area contributed by atoms with Crippen LogP contribution in [0.15, 0.2) is 0 Å². The van der Waals surface area contributed by atoms with Gasteiger partial charge in [0.25, 0.3) is 0 Å². The van der Waals surface area contributed by atoms with Gasteiger partial charge in [0.05, 0.1) is 19.1 Å². The molecule has 7 heteroatoms. The van der Waals surface area contributed by atoms with Gasteiger partial charge in [0, 0.05) is 19.6 Å². The van der Waals surface area contributed by atoms with Crippen LogP contribution in [0.1, 0.15) is 19.3 Å². The summed E-state index contributed by atoms with van der Waals surface area (Å²) in [4.78, 5) is 33.8. The Morgan fingerprint density at radius 3 is 2.47 bits per heavy atom. The molecule has 7 nitrogen and oxygen atoms in total. The third-order valence-corrected chi connectivity index (χ3v) is 3.20. The molecule has 1 aliphatic carbocycles. The summed E-state index contributed by atoms with van der Waals surface area (Å²) in [6.07, 6.45) is 1.44. The van der Waals surface area contributed by atoms with E-state index in [1.807, 2.05) is 0 Å². The van der Waals surface area contributed by atoms with Crippen molar-refractivity contribution in [3.05, 3.63) is 0 Å². The number of rotatable bonds is 7. The van der Waals surface area contributed by atoms with Crippen molar-refractivity contribution in [1.29, 1.82) is 0 Å². The van der Waals surface area contributed by atoms with Crippen LogP contribution < -0.4 is 10.6 Å². The van der Waals surface area contributed by atoms with E-state index in [1.54, 1.807) is 0 Å². The lowest BCUT2D eigenvalue weighted by Crippen LogP contribution is -2.40. The van der Waals surface area contributed by atoms with E-state index in [2.05, 4.69) is 10.6 Å². The minimum Gasteiger partial charge on any atom is -0.481 e. The number of nitrogens with one attached hydrogen (secondary N) is 2. The fraction of sp³-hybridized carbons (Fsp3) is 0.750. The second kappa shape index (κ2) is 7.73. The number of methoxy groups -OCH3 is 1. The van der Waals surface area contributed by atoms with Gasteiger partial charge in [-0.2, -0.15) is 0 Å². The summed E-state index contributed by atoms with van der Waals surface area (Å²) in [5.74, 6) is -2.12. The highest BCUT2D eigenvalue weighted by atomic mass is 16.5. The van der Waals surface area contributed by atoms with Crippen molar-refractivity contribution in [3.8, 4) is 0 Å². The summed E-state index contributed by atoms with van der Waals surface area (Å²) < 4.78 is 4.78. The first-order valence-corrected chi connectivity index (χ1v) is 6.30. The Hall–Kier alpha value is -1.63. The predicted octanol–water partition coefficient (Wildman–Crippen LogP) is -0.634. The molecular weight excluding hydrogens is 252 g/mol. The van der Waals surface area contributed by atoms with E-state index in [-0.39, 0.29) is 24.3 Å². The number of carboxylic acid groups (broad SMARTS) is 1. The van der Waals surface area contributed by atoms with Gasteiger partial charge in [0.1, 0.15) is 0 Å². The Balaban J connectivity index is 2.21. The molecule has 2 atom stereocenters. The van der Waals surface area contributed by atoms with Crippen LogP contribution in [-0.4, -0.2) is 49.7 Å². The average molecular weight is 272 g/mol. The van der Waals surface area contributed by atoms with E-state index in [9.17, 15) is 14.4 Å². The third kappa shape index (κ3) is 5.25. The van der Waals surface area contributed by atoms with Gasteiger partial charge in [-0.15, -0.1) is 0 Å². The Kier molecular flexibility index (Phi) is 6.27. The van der Waals surface area contributed by atoms with Crippen LogP contribution in [0.2, 0.25) is 0 Å². The SMILES string of the molecule is COCCNC(=O)CNC(=O)C1CCC(C(=O)O)C1. The molecule has 1 aliphatic rings. The van der Waals surface area contributed by atoms with Crippen molar-refractivity contribution in [3.63, 3.8) is 0 Å². The molecule has 0 aromatic rings. The molecule has 1 fully saturated rings. The first kappa shape index (κ1) is 15.4. The van der Waals surface area contributed by atoms with Crippen molar-refractivity contribution >= 4 is 17.8 Å². The highest BCUT2D eigenvalue weighted by molar-refractivity contribution is 5.86. The molecule has 108 valence electrons. The fourth-order valence-electron chi connectivity index (χ4n) is 2.11. The zero-order valence-electron chi connectivity index (χ0n) is 11.0. The lowest BCUT2D eigenvalue weighted by atomic mass is 10.0. The van der Waals surface area contributed by atoms with Gasteiger partial charge in [0.15, 0.2) is 0 Å². The Morgan fingerprint density at radius 1 is 1.21 bits per heavy atom. The van der Waals surface area contributed by atoms with Crippen molar-refractivity contribution < 1.29 is 24.2 Å². The number of carboxylic acids is 1. The van der Waals surface area contributed by atoms with E-state index in [0.29, 0.717) is 32.4 Å². The average Bonchev–Trinajstić information content (AvgIpc) is 2.86. The topological polar surface area (TPSA) is 105 Å². The van der Waals surface area contributed by atoms with Crippen molar-refractivity contribution in [2.24, 2.45) is 11.8 Å². The molecule has 0 bridgehead atoms. The molecule has 0 spiro atoms. The molecule has 2 amide bonds. The summed E-state index contributed by atoms with van der Waals surface area (Å²) in [5, 5.41) is 14.0. The molecule has 1 saturated carbocycles. The van der Waals surface area contributed by atoms with Crippen molar-refractivity contribution in [2.45, 2.75) is 19.3 Å². The van der Waals surface area contributed by atoms with E-state index in [4.69, 9.17) is 9.84 Å². The minimum atomic E-state index is -0.854. The quantitative estimate of drug-likeness (QED) is 0.535. The second-order valence-corrected chi connectivity index (χ2v) is 4.61. The smallest absolute Gasteiger partial charge is 0.306 e. The van der Waals surface area contributed by atoms with Gasteiger partial charge >= 0.3 is 5.97 Å². The normalized spacial score (nSPS) is 21.9. The molecule has 0 heterocycles. The molecule has 2 unspecified atom stereocenters. The minimum absolute atomic E-state index is 0.0865. The Bertz CT molecular complexity index is 345. The van der Waals surface area contributed by atoms with Gasteiger partial charge in [-0.05, 0) is 19.3 Å². The lowest BCUT2D eigenvalue weighted by molar-refractivity contribution is -0.141. The van der Waals surface area contributed by atoms with Crippen LogP contribution in [0.25, 0.3) is 0 Å². The standard InChI is InChI=1S/C12H20N2O5/c1-19-5-4-13-10(15)7-14-11(16)8-2-3-9(6-8)12(17)18/h8-9H,2-7H2,1H3,(H,13,15)(H,14,16)(H,17,18). The highest BCUT2D eigenvalue weighted by Gasteiger charge is 2.33. The number of hydrogen-bond acceptors (Lipinski definition) is 4. The van der Waals surface area contributed by atoms with Gasteiger partial charge in [-0.25, -0.2) is 0 Å². The molecular formula is C12H20N2O5. The van der Waals surface area contributed by atoms with Gasteiger partial charge in [0.2, 0.25) is 11.8 Å². The molecule has 0 aromatic carbocycles. The zero-order chi connectivity index (χ0) is 14.3. The molecule has 0 aromatic heterocycles. The van der Waals surface area contributed by atoms with Gasteiger partial charge in [-0.3, -0.25) is 14.4 Å². The predicted molar refractivity (Wildman–Crippen MR) is 66.4 cm³/mol. The van der Waals surface area contributed by atoms with Crippen LogP contribution in [0.3, 0.4) is 0 Å². The van der Waals surface area contributed by atoms with E-state index >= 15 is 0 Å². The summed E-state index contributed by atoms with van der Waals surface area (Å²) >= 11 is 0. The number of carbonyl (C=O) groups is 3. The summed E-state index contributed by atoms with van der Waals surface area (Å²) in [5.41, 5.74) is 0. The van der Waals surface area contributed by atoms with Crippen molar-refractivity contribution in [1.82, 2.24) is 10.6 Å². The number of amides is 2. The van der Waals surface area contributed by atoms with E-state index in [0.717, 1.165) is 0 Å². The first-order valence-electron chi connectivity index (χ1n) is 6.30. The van der Waals surface area contributed by atoms with Crippen LogP contribution in [0, 0.1) is 11.8 Å². The molecule has 3 N–H and O–H groups in total. The molecule has 1 rings (SSSR count). The van der Waals surface area contributed by atoms with E-state index in [1.165, 1.54) is 7.11 Å². The second-order valence-electron chi connectivity index (χ2n) is 4.61. The van der Waals surface area contributed by atoms with Crippen molar-refractivity contribution in [2.75, 3.05) is 26.8 Å². The molecule has 0 aliphatic heterocycles. The van der Waals surface area contributed by atoms with Gasteiger partial charge in [-0.1, -0.05) is 0 Å². The number of ether oxygens (including phenoxy) is 1. The maximum Gasteiger partial charge on any atom is 0.306 e. The Morgan fingerprint density at radius 2 is 1.89 bits per heavy atom. The lowest BCUT2D eigenvalue weighted by Gasteiger charge is -2.10. The molecule has 0 radical (unpaired) electrons. The fourth-order valence-corrected chi connectivity index (χ4v) is 2.11. The number of aliphatic carboxylic acids is 1. The summed E-state index contributed by atoms with van der Waals surface area (Å²) in [7, 11) is 1.53. The first-order chi connectivity index (χ1) is 9.04. The summed E-state index contributed by atoms with van der Waals surface area (Å²) in [6.45, 7) is 0.731. The van der Waals surface area contributed by atoms with Crippen LogP contribution in [-0.2, 0) is 19.1 Å². The van der Waals surface area contributed by atoms with E-state index < -0.39 is 11.9 Å². The Labute approximate surface area is 111 Å². The van der Waals surface area contributed by atoms with Crippen LogP contribution in [0.5, 0.6) is 0 Å². The van der Waals surface area contributed by atoms with Gasteiger partial charge < -0.3 is 20.5 Å². The number of hydrogen-bond donors (Lipinski definition) is 3. The maximum atomic E-state index is 11.7. The zero-order valence-corrected chi connectivity index (χ0v) is 11.0. The molecule has 19 heavy (non-hydrogen) atoms. The molecule has 0 saturated heterocycles. The monoisotopic (exact) mass is 272 g/mol. The number of carbonyl (C=O) groups excluding carboxylic acids is 2. The summed E-state index contributed by atoms with van der Waals surface area (Å²) in [6, 6.07) is 0. The maximum absolute atomic E-state index is 11.7. The third-order valence-electron chi connectivity index (χ3n) is 3.20.